The maximum Gasteiger partial charge on any atom is 0.351 e. The number of nitrogens with one attached hydrogen (secondary N) is 1. The molecule has 1 aromatic heterocycles. The molecule has 0 fully saturated rings. The van der Waals surface area contributed by atoms with Crippen LogP contribution in [0.1, 0.15) is 22.3 Å². The monoisotopic (exact) mass is 414 g/mol. The molecule has 3 aromatic rings. The van der Waals surface area contributed by atoms with E-state index >= 15 is 0 Å². The van der Waals surface area contributed by atoms with E-state index in [9.17, 15) is 14.0 Å². The number of amides is 1. The Morgan fingerprint density at radius 1 is 1.17 bits per heavy atom. The molecule has 0 saturated heterocycles. The number of benzene rings is 2. The first-order chi connectivity index (χ1) is 13.9. The number of carbonyl (C=O) groups excluding carboxylic acids is 2. The van der Waals surface area contributed by atoms with Crippen LogP contribution in [-0.4, -0.2) is 30.1 Å². The molecule has 0 aliphatic rings. The molecule has 2 aromatic carbocycles. The fourth-order valence-electron chi connectivity index (χ4n) is 2.51. The predicted molar refractivity (Wildman–Crippen MR) is 109 cm³/mol. The van der Waals surface area contributed by atoms with Crippen molar-refractivity contribution in [2.45, 2.75) is 20.0 Å². The van der Waals surface area contributed by atoms with Crippen molar-refractivity contribution in [3.63, 3.8) is 0 Å². The number of hydrogen-bond acceptors (Lipinski definition) is 6. The number of ether oxygens (including phenoxy) is 2. The molecule has 6 nitrogen and oxygen atoms in total. The molecular formula is C21H19FN2O4S. The lowest BCUT2D eigenvalue weighted by molar-refractivity contribution is -0.123. The number of halogens is 1. The molecule has 1 heterocycles. The summed E-state index contributed by atoms with van der Waals surface area (Å²) >= 11 is 1.13. The lowest BCUT2D eigenvalue weighted by Gasteiger charge is -2.13. The van der Waals surface area contributed by atoms with Gasteiger partial charge in [-0.25, -0.2) is 14.2 Å². The fraction of sp³-hybridized carbons (Fsp3) is 0.190. The zero-order valence-electron chi connectivity index (χ0n) is 16.1. The van der Waals surface area contributed by atoms with Crippen LogP contribution in [0, 0.1) is 12.7 Å². The van der Waals surface area contributed by atoms with E-state index in [0.29, 0.717) is 32.6 Å². The molecule has 0 aliphatic carbocycles. The third-order valence-corrected chi connectivity index (χ3v) is 5.25. The number of aryl methyl sites for hydroxylation is 1. The summed E-state index contributed by atoms with van der Waals surface area (Å²) in [5.74, 6) is -0.854. The average Bonchev–Trinajstić information content (AvgIpc) is 3.10. The molecule has 1 N–H and O–H groups in total. The quantitative estimate of drug-likeness (QED) is 0.603. The summed E-state index contributed by atoms with van der Waals surface area (Å²) in [6, 6.07) is 12.7. The van der Waals surface area contributed by atoms with Gasteiger partial charge in [-0.2, -0.15) is 0 Å². The second kappa shape index (κ2) is 8.83. The van der Waals surface area contributed by atoms with E-state index in [2.05, 4.69) is 10.3 Å². The van der Waals surface area contributed by atoms with Crippen molar-refractivity contribution < 1.29 is 23.5 Å². The van der Waals surface area contributed by atoms with Gasteiger partial charge in [-0.05, 0) is 50.2 Å². The lowest BCUT2D eigenvalue weighted by Crippen LogP contribution is -2.29. The van der Waals surface area contributed by atoms with E-state index < -0.39 is 18.0 Å². The van der Waals surface area contributed by atoms with Crippen LogP contribution in [0.2, 0.25) is 0 Å². The highest BCUT2D eigenvalue weighted by Gasteiger charge is 2.23. The van der Waals surface area contributed by atoms with E-state index in [1.54, 1.807) is 43.3 Å². The number of hydrogen-bond donors (Lipinski definition) is 1. The minimum absolute atomic E-state index is 0.297. The standard InChI is InChI=1S/C21H19FN2O4S/c1-12-18(29-20(23-12)14-7-9-15(22)10-8-14)21(26)28-13(2)19(25)24-16-5-4-6-17(11-16)27-3/h4-11,13H,1-3H3,(H,24,25)/t13-/m1/s1. The first kappa shape index (κ1) is 20.5. The van der Waals surface area contributed by atoms with Gasteiger partial charge < -0.3 is 14.8 Å². The van der Waals surface area contributed by atoms with Crippen molar-refractivity contribution in [1.82, 2.24) is 4.98 Å². The molecule has 29 heavy (non-hydrogen) atoms. The smallest absolute Gasteiger partial charge is 0.351 e. The summed E-state index contributed by atoms with van der Waals surface area (Å²) in [4.78, 5) is 29.5. The molecule has 0 bridgehead atoms. The molecule has 0 spiro atoms. The summed E-state index contributed by atoms with van der Waals surface area (Å²) in [5, 5.41) is 3.25. The van der Waals surface area contributed by atoms with Gasteiger partial charge >= 0.3 is 5.97 Å². The Kier molecular flexibility index (Phi) is 6.23. The van der Waals surface area contributed by atoms with Crippen LogP contribution in [0.15, 0.2) is 48.5 Å². The fourth-order valence-corrected chi connectivity index (χ4v) is 3.47. The second-order valence-electron chi connectivity index (χ2n) is 6.21. The third kappa shape index (κ3) is 4.97. The van der Waals surface area contributed by atoms with E-state index in [1.165, 1.54) is 26.2 Å². The summed E-state index contributed by atoms with van der Waals surface area (Å²) in [6.07, 6.45) is -1.01. The number of rotatable bonds is 6. The van der Waals surface area contributed by atoms with Crippen molar-refractivity contribution in [3.8, 4) is 16.3 Å². The minimum atomic E-state index is -1.01. The summed E-state index contributed by atoms with van der Waals surface area (Å²) in [7, 11) is 1.53. The third-order valence-electron chi connectivity index (χ3n) is 4.06. The molecule has 150 valence electrons. The van der Waals surface area contributed by atoms with Crippen LogP contribution < -0.4 is 10.1 Å². The van der Waals surface area contributed by atoms with Crippen LogP contribution in [0.5, 0.6) is 5.75 Å². The summed E-state index contributed by atoms with van der Waals surface area (Å²) < 4.78 is 23.5. The largest absolute Gasteiger partial charge is 0.497 e. The average molecular weight is 414 g/mol. The maximum atomic E-state index is 13.1. The van der Waals surface area contributed by atoms with E-state index in [-0.39, 0.29) is 5.82 Å². The van der Waals surface area contributed by atoms with Gasteiger partial charge in [0.1, 0.15) is 21.5 Å². The molecule has 0 saturated carbocycles. The van der Waals surface area contributed by atoms with Crippen molar-refractivity contribution in [2.24, 2.45) is 0 Å². The summed E-state index contributed by atoms with van der Waals surface area (Å²) in [6.45, 7) is 3.17. The number of aromatic nitrogens is 1. The molecular weight excluding hydrogens is 395 g/mol. The van der Waals surface area contributed by atoms with Crippen molar-refractivity contribution in [1.29, 1.82) is 0 Å². The highest BCUT2D eigenvalue weighted by atomic mass is 32.1. The topological polar surface area (TPSA) is 77.5 Å². The lowest BCUT2D eigenvalue weighted by atomic mass is 10.2. The zero-order chi connectivity index (χ0) is 21.0. The van der Waals surface area contributed by atoms with E-state index in [0.717, 1.165) is 11.3 Å². The van der Waals surface area contributed by atoms with Crippen LogP contribution in [-0.2, 0) is 9.53 Å². The summed E-state index contributed by atoms with van der Waals surface area (Å²) in [5.41, 5.74) is 1.71. The van der Waals surface area contributed by atoms with Crippen LogP contribution in [0.3, 0.4) is 0 Å². The predicted octanol–water partition coefficient (Wildman–Crippen LogP) is 4.45. The van der Waals surface area contributed by atoms with Crippen LogP contribution in [0.4, 0.5) is 10.1 Å². The molecule has 0 radical (unpaired) electrons. The molecule has 0 aliphatic heterocycles. The van der Waals surface area contributed by atoms with Gasteiger partial charge in [0, 0.05) is 17.3 Å². The highest BCUT2D eigenvalue weighted by molar-refractivity contribution is 7.17. The molecule has 8 heteroatoms. The Labute approximate surface area is 171 Å². The van der Waals surface area contributed by atoms with Gasteiger partial charge in [0.25, 0.3) is 5.91 Å². The molecule has 1 atom stereocenters. The maximum absolute atomic E-state index is 13.1. The normalized spacial score (nSPS) is 11.6. The first-order valence-electron chi connectivity index (χ1n) is 8.76. The Morgan fingerprint density at radius 3 is 2.59 bits per heavy atom. The van der Waals surface area contributed by atoms with Crippen molar-refractivity contribution in [2.75, 3.05) is 12.4 Å². The zero-order valence-corrected chi connectivity index (χ0v) is 16.9. The number of methoxy groups -OCH3 is 1. The van der Waals surface area contributed by atoms with E-state index in [1.807, 2.05) is 0 Å². The Morgan fingerprint density at radius 2 is 1.90 bits per heavy atom. The second-order valence-corrected chi connectivity index (χ2v) is 7.21. The number of nitrogens with zero attached hydrogens (tertiary/aromatic N) is 1. The van der Waals surface area contributed by atoms with Gasteiger partial charge in [0.05, 0.1) is 12.8 Å². The SMILES string of the molecule is COc1cccc(NC(=O)[C@@H](C)OC(=O)c2sc(-c3ccc(F)cc3)nc2C)c1. The van der Waals surface area contributed by atoms with Crippen LogP contribution >= 0.6 is 11.3 Å². The Bertz CT molecular complexity index is 1030. The van der Waals surface area contributed by atoms with Gasteiger partial charge in [-0.1, -0.05) is 6.07 Å². The van der Waals surface area contributed by atoms with Gasteiger partial charge in [-0.3, -0.25) is 4.79 Å². The molecule has 1 amide bonds. The number of esters is 1. The van der Waals surface area contributed by atoms with Crippen molar-refractivity contribution >= 4 is 28.9 Å². The van der Waals surface area contributed by atoms with E-state index in [4.69, 9.17) is 9.47 Å². The number of anilines is 1. The first-order valence-corrected chi connectivity index (χ1v) is 9.58. The Hall–Kier alpha value is -3.26. The van der Waals surface area contributed by atoms with Gasteiger partial charge in [0.15, 0.2) is 6.10 Å². The van der Waals surface area contributed by atoms with Crippen molar-refractivity contribution in [3.05, 3.63) is 64.9 Å². The minimum Gasteiger partial charge on any atom is -0.497 e. The van der Waals surface area contributed by atoms with Crippen LogP contribution in [0.25, 0.3) is 10.6 Å². The van der Waals surface area contributed by atoms with Gasteiger partial charge in [0.2, 0.25) is 0 Å². The highest BCUT2D eigenvalue weighted by Crippen LogP contribution is 2.29. The Balaban J connectivity index is 1.67. The number of carbonyl (C=O) groups is 2. The van der Waals surface area contributed by atoms with Gasteiger partial charge in [-0.15, -0.1) is 11.3 Å². The molecule has 3 rings (SSSR count). The number of thiazole rings is 1. The molecule has 0 unspecified atom stereocenters.